The number of halogens is 2. The molecule has 0 aliphatic carbocycles. The highest BCUT2D eigenvalue weighted by Gasteiger charge is 2.16. The first-order valence-corrected chi connectivity index (χ1v) is 5.57. The van der Waals surface area contributed by atoms with Gasteiger partial charge in [-0.15, -0.1) is 0 Å². The molecule has 72 valence electrons. The molecule has 1 aromatic rings. The molecule has 2 unspecified atom stereocenters. The Hall–Kier alpha value is 0.1000. The SMILES string of the molecule is CC(N)C(N)c1c(Br)cccc1Br. The van der Waals surface area contributed by atoms with E-state index in [0.29, 0.717) is 0 Å². The van der Waals surface area contributed by atoms with E-state index in [2.05, 4.69) is 31.9 Å². The Kier molecular flexibility index (Phi) is 3.91. The van der Waals surface area contributed by atoms with Crippen molar-refractivity contribution in [1.82, 2.24) is 0 Å². The number of hydrogen-bond donors (Lipinski definition) is 2. The summed E-state index contributed by atoms with van der Waals surface area (Å²) in [6, 6.07) is 5.66. The smallest absolute Gasteiger partial charge is 0.0468 e. The minimum Gasteiger partial charge on any atom is -0.326 e. The molecule has 1 aromatic carbocycles. The summed E-state index contributed by atoms with van der Waals surface area (Å²) in [7, 11) is 0. The van der Waals surface area contributed by atoms with Crippen LogP contribution in [0.15, 0.2) is 27.1 Å². The van der Waals surface area contributed by atoms with E-state index in [1.807, 2.05) is 25.1 Å². The molecular formula is C9H12Br2N2. The summed E-state index contributed by atoms with van der Waals surface area (Å²) in [5.74, 6) is 0. The summed E-state index contributed by atoms with van der Waals surface area (Å²) in [5.41, 5.74) is 12.7. The molecule has 0 heterocycles. The van der Waals surface area contributed by atoms with E-state index in [4.69, 9.17) is 11.5 Å². The van der Waals surface area contributed by atoms with Crippen LogP contribution in [0.2, 0.25) is 0 Å². The summed E-state index contributed by atoms with van der Waals surface area (Å²) in [6.07, 6.45) is 0. The molecule has 0 aromatic heterocycles. The highest BCUT2D eigenvalue weighted by Crippen LogP contribution is 2.30. The van der Waals surface area contributed by atoms with Crippen LogP contribution in [0.1, 0.15) is 18.5 Å². The maximum Gasteiger partial charge on any atom is 0.0468 e. The molecule has 13 heavy (non-hydrogen) atoms. The number of rotatable bonds is 2. The topological polar surface area (TPSA) is 52.0 Å². The molecule has 0 aliphatic heterocycles. The highest BCUT2D eigenvalue weighted by molar-refractivity contribution is 9.11. The van der Waals surface area contributed by atoms with E-state index in [1.54, 1.807) is 0 Å². The van der Waals surface area contributed by atoms with Crippen LogP contribution in [0, 0.1) is 0 Å². The number of benzene rings is 1. The lowest BCUT2D eigenvalue weighted by molar-refractivity contribution is 0.585. The third-order valence-corrected chi connectivity index (χ3v) is 3.28. The van der Waals surface area contributed by atoms with E-state index in [9.17, 15) is 0 Å². The summed E-state index contributed by atoms with van der Waals surface area (Å²) in [4.78, 5) is 0. The van der Waals surface area contributed by atoms with E-state index in [0.717, 1.165) is 14.5 Å². The first-order valence-electron chi connectivity index (χ1n) is 3.99. The normalized spacial score (nSPS) is 15.5. The molecule has 2 atom stereocenters. The largest absolute Gasteiger partial charge is 0.326 e. The van der Waals surface area contributed by atoms with Crippen molar-refractivity contribution >= 4 is 31.9 Å². The van der Waals surface area contributed by atoms with Gasteiger partial charge in [0.15, 0.2) is 0 Å². The molecule has 0 amide bonds. The van der Waals surface area contributed by atoms with Crippen molar-refractivity contribution in [2.75, 3.05) is 0 Å². The fourth-order valence-electron chi connectivity index (χ4n) is 1.09. The Morgan fingerprint density at radius 1 is 1.15 bits per heavy atom. The zero-order valence-corrected chi connectivity index (χ0v) is 10.5. The van der Waals surface area contributed by atoms with Gasteiger partial charge in [-0.25, -0.2) is 0 Å². The van der Waals surface area contributed by atoms with Crippen LogP contribution in [-0.2, 0) is 0 Å². The average Bonchev–Trinajstić information content (AvgIpc) is 2.03. The van der Waals surface area contributed by atoms with Crippen LogP contribution >= 0.6 is 31.9 Å². The third-order valence-electron chi connectivity index (χ3n) is 1.90. The third kappa shape index (κ3) is 2.53. The van der Waals surface area contributed by atoms with Crippen LogP contribution in [0.3, 0.4) is 0 Å². The minimum atomic E-state index is -0.148. The van der Waals surface area contributed by atoms with Gasteiger partial charge in [0, 0.05) is 21.0 Å². The highest BCUT2D eigenvalue weighted by atomic mass is 79.9. The van der Waals surface area contributed by atoms with Gasteiger partial charge in [0.05, 0.1) is 0 Å². The van der Waals surface area contributed by atoms with Crippen molar-refractivity contribution in [3.63, 3.8) is 0 Å². The van der Waals surface area contributed by atoms with Crippen molar-refractivity contribution in [1.29, 1.82) is 0 Å². The molecule has 2 nitrogen and oxygen atoms in total. The quantitative estimate of drug-likeness (QED) is 0.882. The second kappa shape index (κ2) is 4.55. The van der Waals surface area contributed by atoms with Crippen LogP contribution in [-0.4, -0.2) is 6.04 Å². The molecule has 0 saturated carbocycles. The molecule has 0 saturated heterocycles. The first-order chi connectivity index (χ1) is 6.04. The van der Waals surface area contributed by atoms with Gasteiger partial charge in [-0.2, -0.15) is 0 Å². The lowest BCUT2D eigenvalue weighted by atomic mass is 10.0. The standard InChI is InChI=1S/C9H12Br2N2/c1-5(12)9(13)8-6(10)3-2-4-7(8)11/h2-5,9H,12-13H2,1H3. The van der Waals surface area contributed by atoms with Gasteiger partial charge in [-0.3, -0.25) is 0 Å². The van der Waals surface area contributed by atoms with Gasteiger partial charge >= 0.3 is 0 Å². The fourth-order valence-corrected chi connectivity index (χ4v) is 2.62. The van der Waals surface area contributed by atoms with Crippen LogP contribution in [0.25, 0.3) is 0 Å². The lowest BCUT2D eigenvalue weighted by Crippen LogP contribution is -2.31. The summed E-state index contributed by atoms with van der Waals surface area (Å²) < 4.78 is 1.98. The maximum atomic E-state index is 5.95. The minimum absolute atomic E-state index is 0.0602. The molecule has 1 rings (SSSR count). The fraction of sp³-hybridized carbons (Fsp3) is 0.333. The Labute approximate surface area is 94.9 Å². The Balaban J connectivity index is 3.12. The zero-order valence-electron chi connectivity index (χ0n) is 7.30. The molecule has 0 radical (unpaired) electrons. The molecule has 4 heteroatoms. The average molecular weight is 308 g/mol. The van der Waals surface area contributed by atoms with E-state index in [-0.39, 0.29) is 12.1 Å². The van der Waals surface area contributed by atoms with Crippen molar-refractivity contribution < 1.29 is 0 Å². The van der Waals surface area contributed by atoms with Crippen LogP contribution < -0.4 is 11.5 Å². The Morgan fingerprint density at radius 2 is 1.62 bits per heavy atom. The van der Waals surface area contributed by atoms with E-state index >= 15 is 0 Å². The van der Waals surface area contributed by atoms with Crippen molar-refractivity contribution in [2.24, 2.45) is 11.5 Å². The monoisotopic (exact) mass is 306 g/mol. The summed E-state index contributed by atoms with van der Waals surface area (Å²) in [6.45, 7) is 1.90. The second-order valence-electron chi connectivity index (χ2n) is 3.02. The maximum absolute atomic E-state index is 5.95. The van der Waals surface area contributed by atoms with Gasteiger partial charge in [0.2, 0.25) is 0 Å². The summed E-state index contributed by atoms with van der Waals surface area (Å²) >= 11 is 6.90. The Morgan fingerprint density at radius 3 is 2.00 bits per heavy atom. The van der Waals surface area contributed by atoms with Crippen molar-refractivity contribution in [2.45, 2.75) is 19.0 Å². The van der Waals surface area contributed by atoms with Gasteiger partial charge in [-0.05, 0) is 24.6 Å². The zero-order chi connectivity index (χ0) is 10.0. The van der Waals surface area contributed by atoms with Gasteiger partial charge < -0.3 is 11.5 Å². The first kappa shape index (κ1) is 11.2. The van der Waals surface area contributed by atoms with Crippen LogP contribution in [0.4, 0.5) is 0 Å². The molecular weight excluding hydrogens is 296 g/mol. The molecule has 4 N–H and O–H groups in total. The number of hydrogen-bond acceptors (Lipinski definition) is 2. The van der Waals surface area contributed by atoms with Gasteiger partial charge in [0.25, 0.3) is 0 Å². The Bertz CT molecular complexity index is 279. The van der Waals surface area contributed by atoms with Gasteiger partial charge in [-0.1, -0.05) is 37.9 Å². The van der Waals surface area contributed by atoms with Gasteiger partial charge in [0.1, 0.15) is 0 Å². The molecule has 0 fully saturated rings. The lowest BCUT2D eigenvalue weighted by Gasteiger charge is -2.18. The summed E-state index contributed by atoms with van der Waals surface area (Å²) in [5, 5.41) is 0. The molecule has 0 spiro atoms. The predicted molar refractivity (Wildman–Crippen MR) is 62.4 cm³/mol. The second-order valence-corrected chi connectivity index (χ2v) is 4.73. The predicted octanol–water partition coefficient (Wildman–Crippen LogP) is 2.56. The van der Waals surface area contributed by atoms with Crippen LogP contribution in [0.5, 0.6) is 0 Å². The van der Waals surface area contributed by atoms with Crippen molar-refractivity contribution in [3.8, 4) is 0 Å². The van der Waals surface area contributed by atoms with E-state index in [1.165, 1.54) is 0 Å². The molecule has 0 aliphatic rings. The number of nitrogens with two attached hydrogens (primary N) is 2. The van der Waals surface area contributed by atoms with E-state index < -0.39 is 0 Å². The van der Waals surface area contributed by atoms with Crippen molar-refractivity contribution in [3.05, 3.63) is 32.7 Å². The molecule has 0 bridgehead atoms.